The lowest BCUT2D eigenvalue weighted by molar-refractivity contribution is -0.633. The van der Waals surface area contributed by atoms with Gasteiger partial charge in [0.2, 0.25) is 0 Å². The van der Waals surface area contributed by atoms with Crippen LogP contribution in [0.5, 0.6) is 0 Å². The van der Waals surface area contributed by atoms with E-state index in [4.69, 9.17) is 0 Å². The van der Waals surface area contributed by atoms with E-state index >= 15 is 0 Å². The molecule has 0 saturated carbocycles. The smallest absolute Gasteiger partial charge is 0.225 e. The van der Waals surface area contributed by atoms with Crippen LogP contribution in [0.4, 0.5) is 0 Å². The van der Waals surface area contributed by atoms with Crippen molar-refractivity contribution >= 4 is 11.0 Å². The van der Waals surface area contributed by atoms with Crippen molar-refractivity contribution in [2.75, 3.05) is 0 Å². The van der Waals surface area contributed by atoms with E-state index in [0.717, 1.165) is 0 Å². The highest BCUT2D eigenvalue weighted by molar-refractivity contribution is 5.84. The Labute approximate surface area is 196 Å². The second-order valence-electron chi connectivity index (χ2n) is 9.90. The van der Waals surface area contributed by atoms with E-state index in [0.29, 0.717) is 0 Å². The fraction of sp³-hybridized carbons (Fsp3) is 0.194. The Bertz CT molecular complexity index is 1440. The van der Waals surface area contributed by atoms with Gasteiger partial charge in [-0.3, -0.25) is 0 Å². The minimum Gasteiger partial charge on any atom is -0.225 e. The molecule has 5 rings (SSSR count). The highest BCUT2D eigenvalue weighted by atomic mass is 15.2. The lowest BCUT2D eigenvalue weighted by atomic mass is 9.85. The molecule has 164 valence electrons. The van der Waals surface area contributed by atoms with Crippen molar-refractivity contribution in [2.24, 2.45) is 7.05 Å². The van der Waals surface area contributed by atoms with Crippen LogP contribution in [0.25, 0.3) is 39.2 Å². The Morgan fingerprint density at radius 2 is 1.36 bits per heavy atom. The maximum absolute atomic E-state index is 2.40. The number of fused-ring (bicyclic) bond motifs is 1. The summed E-state index contributed by atoms with van der Waals surface area (Å²) in [5.41, 5.74) is 10.0. The third-order valence-corrected chi connectivity index (χ3v) is 6.57. The molecule has 0 spiro atoms. The van der Waals surface area contributed by atoms with E-state index in [2.05, 4.69) is 141 Å². The zero-order valence-electron chi connectivity index (χ0n) is 20.1. The van der Waals surface area contributed by atoms with Gasteiger partial charge < -0.3 is 0 Å². The van der Waals surface area contributed by atoms with Gasteiger partial charge in [0, 0.05) is 0 Å². The first-order valence-electron chi connectivity index (χ1n) is 11.6. The summed E-state index contributed by atoms with van der Waals surface area (Å²) in [5, 5.41) is 0. The minimum absolute atomic E-state index is 0.0884. The van der Waals surface area contributed by atoms with E-state index in [-0.39, 0.29) is 5.41 Å². The summed E-state index contributed by atoms with van der Waals surface area (Å²) in [6.07, 6.45) is 0. The van der Waals surface area contributed by atoms with Crippen LogP contribution in [0, 0.1) is 6.92 Å². The molecule has 0 unspecified atom stereocenters. The van der Waals surface area contributed by atoms with Gasteiger partial charge >= 0.3 is 0 Å². The van der Waals surface area contributed by atoms with E-state index in [1.807, 2.05) is 0 Å². The number of imidazole rings is 1. The number of aryl methyl sites for hydroxylation is 2. The van der Waals surface area contributed by atoms with Crippen molar-refractivity contribution in [3.63, 3.8) is 0 Å². The highest BCUT2D eigenvalue weighted by Crippen LogP contribution is 2.34. The van der Waals surface area contributed by atoms with Crippen molar-refractivity contribution < 1.29 is 4.57 Å². The van der Waals surface area contributed by atoms with Crippen molar-refractivity contribution in [3.8, 4) is 28.2 Å². The predicted octanol–water partition coefficient (Wildman–Crippen LogP) is 7.39. The van der Waals surface area contributed by atoms with Gasteiger partial charge in [0.1, 0.15) is 5.69 Å². The molecule has 2 nitrogen and oxygen atoms in total. The number of hydrogen-bond acceptors (Lipinski definition) is 0. The molecular weight excluding hydrogens is 400 g/mol. The number of hydrogen-bond donors (Lipinski definition) is 0. The highest BCUT2D eigenvalue weighted by Gasteiger charge is 2.28. The molecule has 0 N–H and O–H groups in total. The van der Waals surface area contributed by atoms with Crippen LogP contribution in [-0.2, 0) is 12.5 Å². The van der Waals surface area contributed by atoms with Gasteiger partial charge in [-0.05, 0) is 71.0 Å². The van der Waals surface area contributed by atoms with Crippen molar-refractivity contribution in [2.45, 2.75) is 33.1 Å². The van der Waals surface area contributed by atoms with Crippen LogP contribution in [-0.4, -0.2) is 4.57 Å². The number of nitrogens with zero attached hydrogens (tertiary/aromatic N) is 2. The van der Waals surface area contributed by atoms with Gasteiger partial charge in [0.15, 0.2) is 11.0 Å². The third-order valence-electron chi connectivity index (χ3n) is 6.57. The van der Waals surface area contributed by atoms with Crippen molar-refractivity contribution in [1.82, 2.24) is 4.57 Å². The van der Waals surface area contributed by atoms with Gasteiger partial charge in [0.05, 0.1) is 12.6 Å². The Kier molecular flexibility index (Phi) is 5.17. The standard InChI is InChI=1S/C31H31N2/c1-22-16-18-25(31(2,3)4)21-27(22)30-32(5)29-20-24(23-12-8-6-9-13-23)17-19-28(29)33(30)26-14-10-7-11-15-26/h6-21H,1-5H3/q+1. The second kappa shape index (κ2) is 8.04. The second-order valence-corrected chi connectivity index (χ2v) is 9.90. The summed E-state index contributed by atoms with van der Waals surface area (Å²) in [7, 11) is 2.19. The normalized spacial score (nSPS) is 11.8. The SMILES string of the molecule is Cc1ccc(C(C)(C)C)cc1-c1n(-c2ccccc2)c2ccc(-c3ccccc3)cc2[n+]1C. The molecule has 0 radical (unpaired) electrons. The number of benzene rings is 4. The number of rotatable bonds is 3. The zero-order valence-corrected chi connectivity index (χ0v) is 20.1. The lowest BCUT2D eigenvalue weighted by Gasteiger charge is -2.20. The predicted molar refractivity (Wildman–Crippen MR) is 139 cm³/mol. The van der Waals surface area contributed by atoms with Gasteiger partial charge in [-0.2, -0.15) is 4.57 Å². The Balaban J connectivity index is 1.84. The number of para-hydroxylation sites is 1. The molecule has 0 aliphatic heterocycles. The molecule has 4 aromatic carbocycles. The Morgan fingerprint density at radius 1 is 0.697 bits per heavy atom. The monoisotopic (exact) mass is 431 g/mol. The minimum atomic E-state index is 0.0884. The molecule has 5 aromatic rings. The topological polar surface area (TPSA) is 8.81 Å². The summed E-state index contributed by atoms with van der Waals surface area (Å²) in [6, 6.07) is 35.0. The molecule has 0 aliphatic rings. The molecule has 0 aliphatic carbocycles. The molecule has 0 fully saturated rings. The molecule has 2 heteroatoms. The van der Waals surface area contributed by atoms with Crippen LogP contribution in [0.1, 0.15) is 31.9 Å². The molecule has 0 atom stereocenters. The molecule has 0 saturated heterocycles. The maximum Gasteiger partial charge on any atom is 0.295 e. The van der Waals surface area contributed by atoms with Gasteiger partial charge in [-0.1, -0.05) is 81.4 Å². The van der Waals surface area contributed by atoms with Crippen molar-refractivity contribution in [1.29, 1.82) is 0 Å². The number of aromatic nitrogens is 2. The molecule has 1 heterocycles. The van der Waals surface area contributed by atoms with Gasteiger partial charge in [-0.25, -0.2) is 4.57 Å². The van der Waals surface area contributed by atoms with E-state index in [1.54, 1.807) is 0 Å². The van der Waals surface area contributed by atoms with Crippen molar-refractivity contribution in [3.05, 3.63) is 108 Å². The average molecular weight is 432 g/mol. The fourth-order valence-electron chi connectivity index (χ4n) is 4.64. The largest absolute Gasteiger partial charge is 0.295 e. The molecule has 0 amide bonds. The summed E-state index contributed by atoms with van der Waals surface area (Å²) < 4.78 is 4.75. The van der Waals surface area contributed by atoms with Crippen LogP contribution in [0.2, 0.25) is 0 Å². The van der Waals surface area contributed by atoms with Gasteiger partial charge in [0.25, 0.3) is 5.82 Å². The maximum atomic E-state index is 2.40. The lowest BCUT2D eigenvalue weighted by Crippen LogP contribution is -2.30. The van der Waals surface area contributed by atoms with Crippen LogP contribution < -0.4 is 4.57 Å². The first-order valence-corrected chi connectivity index (χ1v) is 11.6. The summed E-state index contributed by atoms with van der Waals surface area (Å²) in [5.74, 6) is 1.20. The Morgan fingerprint density at radius 3 is 2.03 bits per heavy atom. The third kappa shape index (κ3) is 3.76. The molecule has 0 bridgehead atoms. The molecule has 1 aromatic heterocycles. The fourth-order valence-corrected chi connectivity index (χ4v) is 4.64. The average Bonchev–Trinajstić information content (AvgIpc) is 3.11. The quantitative estimate of drug-likeness (QED) is 0.263. The van der Waals surface area contributed by atoms with E-state index < -0.39 is 0 Å². The first kappa shape index (κ1) is 21.2. The summed E-state index contributed by atoms with van der Waals surface area (Å²) in [6.45, 7) is 9.05. The molecular formula is C31H31N2+. The van der Waals surface area contributed by atoms with Gasteiger partial charge in [-0.15, -0.1) is 0 Å². The van der Waals surface area contributed by atoms with E-state index in [9.17, 15) is 0 Å². The first-order chi connectivity index (χ1) is 15.8. The van der Waals surface area contributed by atoms with Crippen LogP contribution in [0.3, 0.4) is 0 Å². The summed E-state index contributed by atoms with van der Waals surface area (Å²) >= 11 is 0. The van der Waals surface area contributed by atoms with E-state index in [1.165, 1.54) is 50.4 Å². The van der Waals surface area contributed by atoms with Crippen LogP contribution in [0.15, 0.2) is 97.1 Å². The van der Waals surface area contributed by atoms with Crippen LogP contribution >= 0.6 is 0 Å². The summed E-state index contributed by atoms with van der Waals surface area (Å²) in [4.78, 5) is 0. The Hall–Kier alpha value is -3.65. The molecule has 33 heavy (non-hydrogen) atoms. The zero-order chi connectivity index (χ0) is 23.2.